The van der Waals surface area contributed by atoms with Gasteiger partial charge in [-0.1, -0.05) is 0 Å². The summed E-state index contributed by atoms with van der Waals surface area (Å²) in [5.74, 6) is -1.43. The maximum atomic E-state index is 15.9. The van der Waals surface area contributed by atoms with Crippen molar-refractivity contribution in [2.45, 2.75) is 97.1 Å². The van der Waals surface area contributed by atoms with Crippen LogP contribution >= 0.6 is 0 Å². The number of pyridine rings is 1. The number of halogens is 2. The Labute approximate surface area is 232 Å². The molecule has 0 spiro atoms. The van der Waals surface area contributed by atoms with Crippen LogP contribution in [0, 0.1) is 24.5 Å². The number of aromatic nitrogens is 1. The van der Waals surface area contributed by atoms with Crippen LogP contribution in [0.25, 0.3) is 10.9 Å². The van der Waals surface area contributed by atoms with E-state index in [-0.39, 0.29) is 29.5 Å². The van der Waals surface area contributed by atoms with Gasteiger partial charge in [0.05, 0.1) is 16.7 Å². The summed E-state index contributed by atoms with van der Waals surface area (Å²) in [6.07, 6.45) is 0.956. The van der Waals surface area contributed by atoms with Gasteiger partial charge in [-0.2, -0.15) is 0 Å². The predicted molar refractivity (Wildman–Crippen MR) is 147 cm³/mol. The number of aryl methyl sites for hydroxylation is 1. The van der Waals surface area contributed by atoms with Crippen LogP contribution in [0.4, 0.5) is 24.1 Å². The molecule has 1 saturated heterocycles. The van der Waals surface area contributed by atoms with Crippen molar-refractivity contribution in [2.75, 3.05) is 18.0 Å². The molecular formula is C29H38F2N4O5. The number of ether oxygens (including phenoxy) is 2. The molecule has 5 rings (SSSR count). The second-order valence-electron chi connectivity index (χ2n) is 13.3. The Morgan fingerprint density at radius 2 is 1.70 bits per heavy atom. The maximum Gasteiger partial charge on any atom is 0.408 e. The lowest BCUT2D eigenvalue weighted by molar-refractivity contribution is 0.0493. The van der Waals surface area contributed by atoms with Gasteiger partial charge in [-0.05, 0) is 79.4 Å². The van der Waals surface area contributed by atoms with Gasteiger partial charge in [0.25, 0.3) is 5.56 Å². The summed E-state index contributed by atoms with van der Waals surface area (Å²) in [6.45, 7) is 12.8. The van der Waals surface area contributed by atoms with Crippen molar-refractivity contribution in [1.29, 1.82) is 0 Å². The Kier molecular flexibility index (Phi) is 6.58. The molecule has 40 heavy (non-hydrogen) atoms. The van der Waals surface area contributed by atoms with E-state index in [0.29, 0.717) is 29.9 Å². The molecular weight excluding hydrogens is 522 g/mol. The Balaban J connectivity index is 1.50. The fourth-order valence-corrected chi connectivity index (χ4v) is 5.82. The Morgan fingerprint density at radius 3 is 2.30 bits per heavy atom. The number of nitrogens with zero attached hydrogens (tertiary/aromatic N) is 2. The molecule has 218 valence electrons. The zero-order chi connectivity index (χ0) is 29.4. The lowest BCUT2D eigenvalue weighted by atomic mass is 10.0. The predicted octanol–water partition coefficient (Wildman–Crippen LogP) is 5.05. The van der Waals surface area contributed by atoms with E-state index in [2.05, 4.69) is 10.6 Å². The van der Waals surface area contributed by atoms with Crippen molar-refractivity contribution >= 4 is 28.8 Å². The van der Waals surface area contributed by atoms with E-state index in [1.165, 1.54) is 10.6 Å². The van der Waals surface area contributed by atoms with Crippen molar-refractivity contribution in [3.05, 3.63) is 39.2 Å². The third kappa shape index (κ3) is 5.34. The summed E-state index contributed by atoms with van der Waals surface area (Å²) in [6, 6.07) is 1.09. The number of amides is 2. The van der Waals surface area contributed by atoms with Crippen molar-refractivity contribution in [1.82, 2.24) is 15.2 Å². The largest absolute Gasteiger partial charge is 0.444 e. The second kappa shape index (κ2) is 9.34. The number of hydrogen-bond acceptors (Lipinski definition) is 6. The molecule has 1 aliphatic heterocycles. The molecule has 1 aromatic heterocycles. The van der Waals surface area contributed by atoms with Gasteiger partial charge in [0.1, 0.15) is 17.0 Å². The van der Waals surface area contributed by atoms with Gasteiger partial charge in [-0.3, -0.25) is 4.79 Å². The number of carbonyl (C=O) groups excluding carboxylic acids is 2. The minimum Gasteiger partial charge on any atom is -0.444 e. The lowest BCUT2D eigenvalue weighted by Crippen LogP contribution is -2.44. The number of fused-ring (bicyclic) bond motifs is 2. The number of benzene rings is 1. The molecule has 1 aromatic carbocycles. The van der Waals surface area contributed by atoms with Gasteiger partial charge in [-0.15, -0.1) is 0 Å². The Bertz CT molecular complexity index is 1450. The normalized spacial score (nSPS) is 22.2. The molecule has 2 heterocycles. The van der Waals surface area contributed by atoms with Crippen molar-refractivity contribution in [3.63, 3.8) is 0 Å². The van der Waals surface area contributed by atoms with Gasteiger partial charge in [0.2, 0.25) is 0 Å². The van der Waals surface area contributed by atoms with Crippen LogP contribution in [0.5, 0.6) is 0 Å². The third-order valence-corrected chi connectivity index (χ3v) is 7.63. The van der Waals surface area contributed by atoms with Crippen LogP contribution in [0.3, 0.4) is 0 Å². The van der Waals surface area contributed by atoms with Gasteiger partial charge in [0, 0.05) is 42.5 Å². The Morgan fingerprint density at radius 1 is 1.07 bits per heavy atom. The van der Waals surface area contributed by atoms with Crippen molar-refractivity contribution < 1.29 is 27.8 Å². The van der Waals surface area contributed by atoms with Crippen LogP contribution in [-0.2, 0) is 16.0 Å². The molecule has 2 aromatic rings. The summed E-state index contributed by atoms with van der Waals surface area (Å²) in [5.41, 5.74) is -1.46. The van der Waals surface area contributed by atoms with Crippen LogP contribution in [0.15, 0.2) is 10.9 Å². The topological polar surface area (TPSA) is 102 Å². The van der Waals surface area contributed by atoms with E-state index >= 15 is 8.78 Å². The fourth-order valence-electron chi connectivity index (χ4n) is 5.82. The van der Waals surface area contributed by atoms with E-state index in [9.17, 15) is 14.4 Å². The summed E-state index contributed by atoms with van der Waals surface area (Å²) in [7, 11) is 0. The number of hydrogen-bond donors (Lipinski definition) is 2. The molecule has 11 heteroatoms. The average Bonchev–Trinajstić information content (AvgIpc) is 3.70. The number of alkyl carbamates (subject to hydrolysis) is 2. The lowest BCUT2D eigenvalue weighted by Gasteiger charge is -2.28. The highest BCUT2D eigenvalue weighted by molar-refractivity contribution is 5.91. The molecule has 0 radical (unpaired) electrons. The van der Waals surface area contributed by atoms with Gasteiger partial charge < -0.3 is 29.6 Å². The molecule has 0 bridgehead atoms. The standard InChI is InChI=1S/C29H38F2N4O5/c1-15-22-18(19(12-32-25(37)39-27(2,3)4)21(31)24(36)35(22)17-8-9-17)10-20(30)23(15)34-13-16-11-29(16,14-34)33-26(38)40-28(5,6)7/h10,16-17H,8-9,11-14H2,1-7H3,(H,32,37)(H,33,38). The SMILES string of the molecule is Cc1c(N2CC3CC3(NC(=O)OC(C)(C)C)C2)c(F)cc2c(CNC(=O)OC(C)(C)C)c(F)c(=O)n(C3CC3)c12. The molecule has 2 atom stereocenters. The molecule has 2 N–H and O–H groups in total. The van der Waals surface area contributed by atoms with E-state index in [4.69, 9.17) is 9.47 Å². The zero-order valence-electron chi connectivity index (χ0n) is 24.2. The average molecular weight is 561 g/mol. The van der Waals surface area contributed by atoms with Crippen molar-refractivity contribution in [3.8, 4) is 0 Å². The molecule has 9 nitrogen and oxygen atoms in total. The Hall–Kier alpha value is -3.37. The summed E-state index contributed by atoms with van der Waals surface area (Å²) in [4.78, 5) is 39.9. The van der Waals surface area contributed by atoms with E-state index in [0.717, 1.165) is 19.3 Å². The first-order chi connectivity index (χ1) is 18.5. The highest BCUT2D eigenvalue weighted by Crippen LogP contribution is 2.52. The van der Waals surface area contributed by atoms with Crippen LogP contribution in [-0.4, -0.2) is 46.6 Å². The van der Waals surface area contributed by atoms with E-state index < -0.39 is 46.1 Å². The van der Waals surface area contributed by atoms with E-state index in [1.54, 1.807) is 48.5 Å². The first-order valence-electron chi connectivity index (χ1n) is 13.8. The highest BCUT2D eigenvalue weighted by Gasteiger charge is 2.62. The summed E-state index contributed by atoms with van der Waals surface area (Å²) < 4.78 is 43.5. The molecule has 2 saturated carbocycles. The second-order valence-corrected chi connectivity index (χ2v) is 13.3. The van der Waals surface area contributed by atoms with Crippen LogP contribution in [0.1, 0.15) is 78.0 Å². The van der Waals surface area contributed by atoms with Gasteiger partial charge in [0.15, 0.2) is 5.82 Å². The number of anilines is 1. The number of piperidine rings is 1. The smallest absolute Gasteiger partial charge is 0.408 e. The number of rotatable bonds is 5. The fraction of sp³-hybridized carbons (Fsp3) is 0.621. The first-order valence-corrected chi connectivity index (χ1v) is 13.8. The molecule has 3 aliphatic rings. The highest BCUT2D eigenvalue weighted by atomic mass is 19.1. The maximum absolute atomic E-state index is 15.9. The molecule has 2 amide bonds. The summed E-state index contributed by atoms with van der Waals surface area (Å²) in [5, 5.41) is 5.73. The molecule has 2 aliphatic carbocycles. The van der Waals surface area contributed by atoms with Crippen LogP contribution in [0.2, 0.25) is 0 Å². The number of nitrogens with one attached hydrogen (secondary N) is 2. The molecule has 3 fully saturated rings. The van der Waals surface area contributed by atoms with E-state index in [1.807, 2.05) is 4.90 Å². The minimum absolute atomic E-state index is 0.0800. The van der Waals surface area contributed by atoms with Gasteiger partial charge >= 0.3 is 12.2 Å². The van der Waals surface area contributed by atoms with Gasteiger partial charge in [-0.25, -0.2) is 18.4 Å². The van der Waals surface area contributed by atoms with Crippen LogP contribution < -0.4 is 21.1 Å². The zero-order valence-corrected chi connectivity index (χ0v) is 24.2. The van der Waals surface area contributed by atoms with Crippen molar-refractivity contribution in [2.24, 2.45) is 5.92 Å². The molecule has 2 unspecified atom stereocenters. The monoisotopic (exact) mass is 560 g/mol. The quantitative estimate of drug-likeness (QED) is 0.531. The first kappa shape index (κ1) is 28.2. The minimum atomic E-state index is -1.01. The summed E-state index contributed by atoms with van der Waals surface area (Å²) >= 11 is 0. The number of carbonyl (C=O) groups is 2. The third-order valence-electron chi connectivity index (χ3n) is 7.63.